The number of carbonyl (C=O) groups excluding carboxylic acids is 2. The van der Waals surface area contributed by atoms with Gasteiger partial charge in [0.25, 0.3) is 5.91 Å². The summed E-state index contributed by atoms with van der Waals surface area (Å²) in [6.07, 6.45) is 5.77. The van der Waals surface area contributed by atoms with E-state index in [2.05, 4.69) is 12.2 Å². The number of benzene rings is 1. The Morgan fingerprint density at radius 1 is 1.09 bits per heavy atom. The molecule has 1 saturated carbocycles. The Morgan fingerprint density at radius 3 is 2.54 bits per heavy atom. The summed E-state index contributed by atoms with van der Waals surface area (Å²) in [7, 11) is 1.62. The molecule has 0 saturated heterocycles. The van der Waals surface area contributed by atoms with Gasteiger partial charge in [0.05, 0.1) is 32.2 Å². The van der Waals surface area contributed by atoms with Crippen LogP contribution in [0.4, 0.5) is 0 Å². The molecule has 1 aliphatic heterocycles. The van der Waals surface area contributed by atoms with Crippen LogP contribution >= 0.6 is 0 Å². The van der Waals surface area contributed by atoms with Crippen LogP contribution in [0.5, 0.6) is 5.75 Å². The second-order valence-corrected chi connectivity index (χ2v) is 10.1. The van der Waals surface area contributed by atoms with Crippen LogP contribution in [0.2, 0.25) is 0 Å². The zero-order valence-electron chi connectivity index (χ0n) is 20.6. The molecule has 3 heterocycles. The average Bonchev–Trinajstić information content (AvgIpc) is 3.53. The van der Waals surface area contributed by atoms with E-state index >= 15 is 0 Å². The number of ether oxygens (including phenoxy) is 1. The molecule has 7 nitrogen and oxygen atoms in total. The van der Waals surface area contributed by atoms with E-state index in [1.807, 2.05) is 60.0 Å². The first-order valence-corrected chi connectivity index (χ1v) is 12.4. The maximum Gasteiger partial charge on any atom is 0.271 e. The predicted octanol–water partition coefficient (Wildman–Crippen LogP) is 4.87. The molecule has 1 aromatic carbocycles. The summed E-state index contributed by atoms with van der Waals surface area (Å²) in [5, 5.41) is 3.29. The quantitative estimate of drug-likeness (QED) is 0.552. The van der Waals surface area contributed by atoms with Gasteiger partial charge in [-0.15, -0.1) is 0 Å². The fourth-order valence-electron chi connectivity index (χ4n) is 5.41. The molecule has 1 aliphatic carbocycles. The van der Waals surface area contributed by atoms with Crippen LogP contribution in [0.3, 0.4) is 0 Å². The molecule has 35 heavy (non-hydrogen) atoms. The number of carbonyl (C=O) groups is 2. The van der Waals surface area contributed by atoms with E-state index in [-0.39, 0.29) is 24.4 Å². The van der Waals surface area contributed by atoms with Gasteiger partial charge in [-0.25, -0.2) is 0 Å². The minimum absolute atomic E-state index is 0.120. The summed E-state index contributed by atoms with van der Waals surface area (Å²) in [5.41, 5.74) is 1.11. The Labute approximate surface area is 206 Å². The van der Waals surface area contributed by atoms with Crippen molar-refractivity contribution >= 4 is 11.8 Å². The SMILES string of the molecule is COc1ccccc1CN1C(=O)c2ccc(-c3ccco3)n2C[C@@]1(C)C(=O)NC1CCC(C)CC1. The van der Waals surface area contributed by atoms with Crippen molar-refractivity contribution in [1.82, 2.24) is 14.8 Å². The summed E-state index contributed by atoms with van der Waals surface area (Å²) in [6, 6.07) is 15.2. The minimum Gasteiger partial charge on any atom is -0.496 e. The Morgan fingerprint density at radius 2 is 1.83 bits per heavy atom. The highest BCUT2D eigenvalue weighted by atomic mass is 16.5. The van der Waals surface area contributed by atoms with Gasteiger partial charge in [-0.1, -0.05) is 25.1 Å². The molecular weight excluding hydrogens is 442 g/mol. The molecule has 1 N–H and O–H groups in total. The number of amides is 2. The number of furan rings is 1. The summed E-state index contributed by atoms with van der Waals surface area (Å²) < 4.78 is 13.1. The lowest BCUT2D eigenvalue weighted by Crippen LogP contribution is -2.64. The normalized spacial score (nSPS) is 24.2. The van der Waals surface area contributed by atoms with Crippen LogP contribution < -0.4 is 10.1 Å². The Balaban J connectivity index is 1.52. The van der Waals surface area contributed by atoms with Crippen LogP contribution in [0.1, 0.15) is 55.6 Å². The second kappa shape index (κ2) is 9.29. The number of nitrogens with zero attached hydrogens (tertiary/aromatic N) is 2. The summed E-state index contributed by atoms with van der Waals surface area (Å²) in [4.78, 5) is 29.5. The number of methoxy groups -OCH3 is 1. The standard InChI is InChI=1S/C28H33N3O4/c1-19-10-12-21(13-11-19)29-27(33)28(2)18-30-22(25-9-6-16-35-25)14-15-23(30)26(32)31(28)17-20-7-4-5-8-24(20)34-3/h4-9,14-16,19,21H,10-13,17-18H2,1-3H3,(H,29,33)/t19?,21?,28-/m0/s1. The molecule has 2 aliphatic rings. The monoisotopic (exact) mass is 475 g/mol. The Kier molecular flexibility index (Phi) is 6.17. The van der Waals surface area contributed by atoms with Crippen molar-refractivity contribution in [3.05, 3.63) is 66.1 Å². The zero-order valence-corrected chi connectivity index (χ0v) is 20.6. The van der Waals surface area contributed by atoms with Crippen molar-refractivity contribution in [2.45, 2.75) is 64.2 Å². The third-order valence-corrected chi connectivity index (χ3v) is 7.64. The zero-order chi connectivity index (χ0) is 24.6. The van der Waals surface area contributed by atoms with Gasteiger partial charge < -0.3 is 23.9 Å². The molecule has 0 radical (unpaired) electrons. The van der Waals surface area contributed by atoms with Gasteiger partial charge in [0, 0.05) is 11.6 Å². The topological polar surface area (TPSA) is 76.7 Å². The third kappa shape index (κ3) is 4.24. The maximum absolute atomic E-state index is 13.9. The van der Waals surface area contributed by atoms with E-state index in [1.54, 1.807) is 18.3 Å². The largest absolute Gasteiger partial charge is 0.496 e. The lowest BCUT2D eigenvalue weighted by Gasteiger charge is -2.45. The number of aromatic nitrogens is 1. The van der Waals surface area contributed by atoms with Gasteiger partial charge in [0.15, 0.2) is 0 Å². The maximum atomic E-state index is 13.9. The lowest BCUT2D eigenvalue weighted by molar-refractivity contribution is -0.134. The highest BCUT2D eigenvalue weighted by Gasteiger charge is 2.48. The highest BCUT2D eigenvalue weighted by Crippen LogP contribution is 2.36. The molecule has 0 spiro atoms. The molecule has 2 aromatic heterocycles. The minimum atomic E-state index is -1.09. The van der Waals surface area contributed by atoms with E-state index in [4.69, 9.17) is 9.15 Å². The molecule has 184 valence electrons. The molecule has 1 fully saturated rings. The van der Waals surface area contributed by atoms with Crippen molar-refractivity contribution in [2.75, 3.05) is 7.11 Å². The van der Waals surface area contributed by atoms with E-state index in [0.29, 0.717) is 29.7 Å². The van der Waals surface area contributed by atoms with Crippen LogP contribution in [-0.2, 0) is 17.9 Å². The Hall–Kier alpha value is -3.48. The van der Waals surface area contributed by atoms with Crippen LogP contribution in [0, 0.1) is 5.92 Å². The van der Waals surface area contributed by atoms with Gasteiger partial charge in [0.2, 0.25) is 5.91 Å². The van der Waals surface area contributed by atoms with Gasteiger partial charge in [-0.2, -0.15) is 0 Å². The van der Waals surface area contributed by atoms with Crippen molar-refractivity contribution in [2.24, 2.45) is 5.92 Å². The molecule has 0 unspecified atom stereocenters. The molecule has 1 atom stereocenters. The first kappa shape index (κ1) is 23.3. The molecule has 3 aromatic rings. The van der Waals surface area contributed by atoms with Crippen molar-refractivity contribution in [3.8, 4) is 17.2 Å². The molecule has 2 amide bonds. The molecule has 0 bridgehead atoms. The number of hydrogen-bond donors (Lipinski definition) is 1. The van der Waals surface area contributed by atoms with Gasteiger partial charge in [-0.3, -0.25) is 9.59 Å². The lowest BCUT2D eigenvalue weighted by atomic mass is 9.86. The fraction of sp³-hybridized carbons (Fsp3) is 0.429. The smallest absolute Gasteiger partial charge is 0.271 e. The first-order chi connectivity index (χ1) is 16.9. The third-order valence-electron chi connectivity index (χ3n) is 7.64. The summed E-state index contributed by atoms with van der Waals surface area (Å²) >= 11 is 0. The van der Waals surface area contributed by atoms with Crippen molar-refractivity contribution in [1.29, 1.82) is 0 Å². The summed E-state index contributed by atoms with van der Waals surface area (Å²) in [5.74, 6) is 1.75. The number of hydrogen-bond acceptors (Lipinski definition) is 4. The molecule has 7 heteroatoms. The van der Waals surface area contributed by atoms with Gasteiger partial charge in [-0.05, 0) is 68.9 Å². The number of fused-ring (bicyclic) bond motifs is 1. The van der Waals surface area contributed by atoms with E-state index < -0.39 is 5.54 Å². The van der Waals surface area contributed by atoms with Crippen LogP contribution in [0.15, 0.2) is 59.2 Å². The van der Waals surface area contributed by atoms with E-state index in [1.165, 1.54) is 0 Å². The fourth-order valence-corrected chi connectivity index (χ4v) is 5.41. The Bertz CT molecular complexity index is 1210. The first-order valence-electron chi connectivity index (χ1n) is 12.4. The van der Waals surface area contributed by atoms with E-state index in [9.17, 15) is 9.59 Å². The van der Waals surface area contributed by atoms with Gasteiger partial charge in [0.1, 0.15) is 22.7 Å². The van der Waals surface area contributed by atoms with Crippen molar-refractivity contribution < 1.29 is 18.7 Å². The predicted molar refractivity (Wildman–Crippen MR) is 133 cm³/mol. The van der Waals surface area contributed by atoms with Gasteiger partial charge >= 0.3 is 0 Å². The molecule has 5 rings (SSSR count). The van der Waals surface area contributed by atoms with Crippen molar-refractivity contribution in [3.63, 3.8) is 0 Å². The summed E-state index contributed by atoms with van der Waals surface area (Å²) in [6.45, 7) is 4.74. The van der Waals surface area contributed by atoms with Crippen LogP contribution in [-0.4, -0.2) is 40.0 Å². The number of rotatable bonds is 6. The number of nitrogens with one attached hydrogen (secondary N) is 1. The number of para-hydroxylation sites is 1. The average molecular weight is 476 g/mol. The molecular formula is C28H33N3O4. The highest BCUT2D eigenvalue weighted by molar-refractivity contribution is 6.00. The van der Waals surface area contributed by atoms with E-state index in [0.717, 1.165) is 36.9 Å². The second-order valence-electron chi connectivity index (χ2n) is 10.1. The van der Waals surface area contributed by atoms with Crippen LogP contribution in [0.25, 0.3) is 11.5 Å².